The number of anilines is 1. The molecule has 21 heavy (non-hydrogen) atoms. The summed E-state index contributed by atoms with van der Waals surface area (Å²) >= 11 is 1.66. The summed E-state index contributed by atoms with van der Waals surface area (Å²) in [5.41, 5.74) is 6.44. The average molecular weight is 300 g/mol. The molecule has 3 nitrogen and oxygen atoms in total. The zero-order valence-electron chi connectivity index (χ0n) is 12.2. The van der Waals surface area contributed by atoms with Crippen molar-refractivity contribution in [1.29, 1.82) is 0 Å². The summed E-state index contributed by atoms with van der Waals surface area (Å²) in [7, 11) is 0. The van der Waals surface area contributed by atoms with Crippen LogP contribution in [0.1, 0.15) is 18.2 Å². The Morgan fingerprint density at radius 2 is 2.10 bits per heavy atom. The van der Waals surface area contributed by atoms with Crippen molar-refractivity contribution in [2.24, 2.45) is 11.7 Å². The number of nitrogens with two attached hydrogens (primary N) is 1. The van der Waals surface area contributed by atoms with Gasteiger partial charge < -0.3 is 10.6 Å². The van der Waals surface area contributed by atoms with E-state index in [4.69, 9.17) is 5.73 Å². The lowest BCUT2D eigenvalue weighted by molar-refractivity contribution is -0.121. The maximum Gasteiger partial charge on any atom is 0.238 e. The number of carbonyl (C=O) groups excluding carboxylic acids is 1. The van der Waals surface area contributed by atoms with Crippen molar-refractivity contribution in [2.45, 2.75) is 18.8 Å². The highest BCUT2D eigenvalue weighted by Crippen LogP contribution is 2.56. The summed E-state index contributed by atoms with van der Waals surface area (Å²) in [6.45, 7) is 3.26. The first kappa shape index (κ1) is 14.3. The molecular weight excluding hydrogens is 280 g/mol. The van der Waals surface area contributed by atoms with E-state index in [-0.39, 0.29) is 11.8 Å². The fourth-order valence-corrected chi connectivity index (χ4v) is 4.12. The summed E-state index contributed by atoms with van der Waals surface area (Å²) < 4.78 is 0. The Hall–Kier alpha value is -1.65. The average Bonchev–Trinajstić information content (AvgIpc) is 3.02. The third-order valence-corrected chi connectivity index (χ3v) is 5.41. The van der Waals surface area contributed by atoms with E-state index in [1.165, 1.54) is 0 Å². The van der Waals surface area contributed by atoms with Crippen LogP contribution in [0, 0.1) is 5.92 Å². The van der Waals surface area contributed by atoms with Gasteiger partial charge in [-0.05, 0) is 49.4 Å². The molecule has 1 aliphatic rings. The molecule has 1 amide bonds. The highest BCUT2D eigenvalue weighted by Gasteiger charge is 2.62. The predicted molar refractivity (Wildman–Crippen MR) is 87.6 cm³/mol. The highest BCUT2D eigenvalue weighted by molar-refractivity contribution is 7.10. The van der Waals surface area contributed by atoms with Crippen molar-refractivity contribution in [3.8, 4) is 0 Å². The van der Waals surface area contributed by atoms with Crippen LogP contribution < -0.4 is 10.6 Å². The lowest BCUT2D eigenvalue weighted by Crippen LogP contribution is -2.40. The van der Waals surface area contributed by atoms with Crippen molar-refractivity contribution in [3.05, 3.63) is 52.7 Å². The van der Waals surface area contributed by atoms with Crippen LogP contribution in [0.4, 0.5) is 5.69 Å². The van der Waals surface area contributed by atoms with Crippen LogP contribution in [0.15, 0.2) is 47.8 Å². The largest absolute Gasteiger partial charge is 0.330 e. The quantitative estimate of drug-likeness (QED) is 0.922. The molecule has 1 fully saturated rings. The molecule has 4 heteroatoms. The first-order valence-electron chi connectivity index (χ1n) is 7.35. The molecule has 0 radical (unpaired) electrons. The van der Waals surface area contributed by atoms with E-state index >= 15 is 0 Å². The summed E-state index contributed by atoms with van der Waals surface area (Å²) in [5.74, 6) is 0.454. The molecule has 110 valence electrons. The summed E-state index contributed by atoms with van der Waals surface area (Å²) in [4.78, 5) is 16.2. The molecule has 0 spiro atoms. The number of benzene rings is 1. The van der Waals surface area contributed by atoms with Crippen molar-refractivity contribution in [2.75, 3.05) is 18.0 Å². The molecule has 0 aliphatic heterocycles. The second-order valence-electron chi connectivity index (χ2n) is 5.47. The number of nitrogens with zero attached hydrogens (tertiary/aromatic N) is 1. The highest BCUT2D eigenvalue weighted by atomic mass is 32.1. The first-order chi connectivity index (χ1) is 10.2. The van der Waals surface area contributed by atoms with Gasteiger partial charge in [0.05, 0.1) is 5.41 Å². The lowest BCUT2D eigenvalue weighted by Gasteiger charge is -2.27. The van der Waals surface area contributed by atoms with Crippen molar-refractivity contribution >= 4 is 22.9 Å². The van der Waals surface area contributed by atoms with E-state index in [1.54, 1.807) is 11.3 Å². The van der Waals surface area contributed by atoms with Gasteiger partial charge in [0.2, 0.25) is 5.91 Å². The Morgan fingerprint density at radius 3 is 2.62 bits per heavy atom. The van der Waals surface area contributed by atoms with Crippen LogP contribution in [0.3, 0.4) is 0 Å². The minimum Gasteiger partial charge on any atom is -0.330 e. The first-order valence-corrected chi connectivity index (χ1v) is 8.23. The minimum atomic E-state index is -0.394. The maximum atomic E-state index is 13.2. The topological polar surface area (TPSA) is 46.3 Å². The van der Waals surface area contributed by atoms with Gasteiger partial charge >= 0.3 is 0 Å². The molecule has 0 saturated heterocycles. The molecule has 2 atom stereocenters. The van der Waals surface area contributed by atoms with Gasteiger partial charge in [-0.1, -0.05) is 24.3 Å². The van der Waals surface area contributed by atoms with Gasteiger partial charge in [-0.25, -0.2) is 0 Å². The van der Waals surface area contributed by atoms with Gasteiger partial charge in [0.25, 0.3) is 0 Å². The van der Waals surface area contributed by atoms with E-state index in [2.05, 4.69) is 6.07 Å². The SMILES string of the molecule is CCN(C(=O)[C@@]1(c2cccs2)C[C@H]1CN)c1ccccc1. The normalized spacial score (nSPS) is 23.8. The van der Waals surface area contributed by atoms with Crippen LogP contribution >= 0.6 is 11.3 Å². The number of hydrogen-bond acceptors (Lipinski definition) is 3. The van der Waals surface area contributed by atoms with Crippen LogP contribution in [0.5, 0.6) is 0 Å². The molecular formula is C17H20N2OS. The third-order valence-electron chi connectivity index (χ3n) is 4.36. The Balaban J connectivity index is 1.96. The Kier molecular flexibility index (Phi) is 3.83. The Labute approximate surface area is 129 Å². The number of rotatable bonds is 5. The fraction of sp³-hybridized carbons (Fsp3) is 0.353. The molecule has 1 saturated carbocycles. The lowest BCUT2D eigenvalue weighted by atomic mass is 9.98. The number of para-hydroxylation sites is 1. The van der Waals surface area contributed by atoms with E-state index < -0.39 is 5.41 Å². The molecule has 3 rings (SSSR count). The van der Waals surface area contributed by atoms with Gasteiger partial charge in [0.15, 0.2) is 0 Å². The fourth-order valence-electron chi connectivity index (χ4n) is 3.11. The van der Waals surface area contributed by atoms with Crippen LogP contribution in [-0.4, -0.2) is 19.0 Å². The maximum absolute atomic E-state index is 13.2. The predicted octanol–water partition coefficient (Wildman–Crippen LogP) is 3.02. The number of amides is 1. The van der Waals surface area contributed by atoms with Gasteiger partial charge in [-0.3, -0.25) is 4.79 Å². The number of thiophene rings is 1. The second kappa shape index (κ2) is 5.62. The van der Waals surface area contributed by atoms with Gasteiger partial charge in [0.1, 0.15) is 0 Å². The molecule has 1 aromatic heterocycles. The third kappa shape index (κ3) is 2.28. The van der Waals surface area contributed by atoms with Crippen molar-refractivity contribution in [3.63, 3.8) is 0 Å². The van der Waals surface area contributed by atoms with Gasteiger partial charge in [-0.15, -0.1) is 11.3 Å². The molecule has 1 aliphatic carbocycles. The smallest absolute Gasteiger partial charge is 0.238 e. The van der Waals surface area contributed by atoms with Crippen molar-refractivity contribution in [1.82, 2.24) is 0 Å². The molecule has 1 heterocycles. The van der Waals surface area contributed by atoms with E-state index in [0.717, 1.165) is 17.0 Å². The molecule has 0 bridgehead atoms. The molecule has 2 N–H and O–H groups in total. The van der Waals surface area contributed by atoms with Crippen molar-refractivity contribution < 1.29 is 4.79 Å². The molecule has 2 aromatic rings. The molecule has 1 aromatic carbocycles. The van der Waals surface area contributed by atoms with E-state index in [1.807, 2.05) is 53.6 Å². The Bertz CT molecular complexity index is 611. The molecule has 0 unspecified atom stereocenters. The monoisotopic (exact) mass is 300 g/mol. The number of hydrogen-bond donors (Lipinski definition) is 1. The summed E-state index contributed by atoms with van der Waals surface area (Å²) in [6.07, 6.45) is 0.867. The standard InChI is InChI=1S/C17H20N2OS/c1-2-19(14-7-4-3-5-8-14)16(20)17(11-13(17)12-18)15-9-6-10-21-15/h3-10,13H,2,11-12,18H2,1H3/t13-,17-/m0/s1. The number of likely N-dealkylation sites (N-methyl/N-ethyl adjacent to an activating group) is 1. The van der Waals surface area contributed by atoms with Crippen LogP contribution in [0.2, 0.25) is 0 Å². The zero-order chi connectivity index (χ0) is 14.9. The van der Waals surface area contributed by atoms with Gasteiger partial charge in [-0.2, -0.15) is 0 Å². The van der Waals surface area contributed by atoms with E-state index in [0.29, 0.717) is 13.1 Å². The summed E-state index contributed by atoms with van der Waals surface area (Å²) in [6, 6.07) is 14.0. The Morgan fingerprint density at radius 1 is 1.33 bits per heavy atom. The minimum absolute atomic E-state index is 0.189. The summed E-state index contributed by atoms with van der Waals surface area (Å²) in [5, 5.41) is 2.04. The van der Waals surface area contributed by atoms with Gasteiger partial charge in [0, 0.05) is 17.1 Å². The zero-order valence-corrected chi connectivity index (χ0v) is 13.0. The van der Waals surface area contributed by atoms with Crippen LogP contribution in [0.25, 0.3) is 0 Å². The second-order valence-corrected chi connectivity index (χ2v) is 6.42. The number of carbonyl (C=O) groups is 1. The van der Waals surface area contributed by atoms with Crippen LogP contribution in [-0.2, 0) is 10.2 Å². The van der Waals surface area contributed by atoms with E-state index in [9.17, 15) is 4.79 Å².